The second kappa shape index (κ2) is 9.23. The van der Waals surface area contributed by atoms with Gasteiger partial charge in [-0.15, -0.1) is 11.3 Å². The lowest BCUT2D eigenvalue weighted by atomic mass is 10.2. The second-order valence-corrected chi connectivity index (χ2v) is 8.50. The molecular weight excluding hydrogens is 398 g/mol. The monoisotopic (exact) mass is 427 g/mol. The third-order valence-corrected chi connectivity index (χ3v) is 5.55. The predicted octanol–water partition coefficient (Wildman–Crippen LogP) is 2.95. The molecule has 0 fully saturated rings. The molecule has 3 heterocycles. The lowest BCUT2D eigenvalue weighted by molar-refractivity contribution is 0.532. The van der Waals surface area contributed by atoms with Gasteiger partial charge in [0.05, 0.1) is 35.2 Å². The topological polar surface area (TPSA) is 114 Å². The van der Waals surface area contributed by atoms with Crippen LogP contribution in [0.5, 0.6) is 0 Å². The quantitative estimate of drug-likeness (QED) is 0.323. The van der Waals surface area contributed by atoms with Crippen molar-refractivity contribution >= 4 is 34.9 Å². The fourth-order valence-corrected chi connectivity index (χ4v) is 3.94. The van der Waals surface area contributed by atoms with E-state index in [0.29, 0.717) is 18.2 Å². The molecule has 0 aliphatic carbocycles. The number of nitrogens with two attached hydrogens (primary N) is 2. The molecule has 0 bridgehead atoms. The van der Waals surface area contributed by atoms with Crippen molar-refractivity contribution in [1.82, 2.24) is 19.7 Å². The van der Waals surface area contributed by atoms with Crippen LogP contribution in [0.4, 0.5) is 17.3 Å². The van der Waals surface area contributed by atoms with Crippen LogP contribution in [-0.4, -0.2) is 46.6 Å². The molecule has 3 aromatic heterocycles. The van der Waals surface area contributed by atoms with E-state index in [2.05, 4.69) is 28.9 Å². The number of hydrazine groups is 1. The molecule has 0 saturated carbocycles. The fraction of sp³-hybridized carbons (Fsp3) is 0.400. The Hall–Kier alpha value is -2.98. The van der Waals surface area contributed by atoms with Crippen molar-refractivity contribution in [2.45, 2.75) is 33.4 Å². The number of thiophene rings is 1. The number of aromatic nitrogens is 4. The SMILES string of the molecule is CCN=Cc1sc(CN(C)c2nc(-c3cnn(C(C)C)c3)cnc2N(C)N)cc1N. The smallest absolute Gasteiger partial charge is 0.185 e. The summed E-state index contributed by atoms with van der Waals surface area (Å²) >= 11 is 1.62. The molecule has 0 atom stereocenters. The molecule has 30 heavy (non-hydrogen) atoms. The molecule has 4 N–H and O–H groups in total. The summed E-state index contributed by atoms with van der Waals surface area (Å²) in [5, 5.41) is 5.88. The summed E-state index contributed by atoms with van der Waals surface area (Å²) in [5.41, 5.74) is 8.53. The van der Waals surface area contributed by atoms with Crippen LogP contribution < -0.4 is 21.5 Å². The summed E-state index contributed by atoms with van der Waals surface area (Å²) in [5.74, 6) is 7.29. The fourth-order valence-electron chi connectivity index (χ4n) is 2.91. The van der Waals surface area contributed by atoms with Crippen LogP contribution in [0.25, 0.3) is 11.3 Å². The van der Waals surface area contributed by atoms with Gasteiger partial charge in [0.2, 0.25) is 0 Å². The van der Waals surface area contributed by atoms with Crippen molar-refractivity contribution in [3.63, 3.8) is 0 Å². The van der Waals surface area contributed by atoms with E-state index in [9.17, 15) is 0 Å². The number of nitrogen functional groups attached to an aromatic ring is 1. The molecule has 0 spiro atoms. The maximum Gasteiger partial charge on any atom is 0.185 e. The lowest BCUT2D eigenvalue weighted by Crippen LogP contribution is -2.30. The Bertz CT molecular complexity index is 1020. The summed E-state index contributed by atoms with van der Waals surface area (Å²) < 4.78 is 1.90. The largest absolute Gasteiger partial charge is 0.398 e. The van der Waals surface area contributed by atoms with Crippen molar-refractivity contribution in [2.24, 2.45) is 10.8 Å². The Morgan fingerprint density at radius 2 is 2.03 bits per heavy atom. The summed E-state index contributed by atoms with van der Waals surface area (Å²) in [6.45, 7) is 7.52. The minimum atomic E-state index is 0.276. The normalized spacial score (nSPS) is 11.6. The number of anilines is 3. The maximum atomic E-state index is 6.14. The molecular formula is C20H29N9S. The summed E-state index contributed by atoms with van der Waals surface area (Å²) in [7, 11) is 3.72. The standard InChI is InChI=1S/C20H29N9S/c1-6-23-10-18-16(21)7-15(30-18)12-27(4)20-19(28(5)22)24-9-17(26-20)14-8-25-29(11-14)13(2)3/h7-11,13H,6,12,21-22H2,1-5H3. The Kier molecular flexibility index (Phi) is 6.68. The highest BCUT2D eigenvalue weighted by Crippen LogP contribution is 2.30. The second-order valence-electron chi connectivity index (χ2n) is 7.33. The van der Waals surface area contributed by atoms with Gasteiger partial charge in [-0.2, -0.15) is 5.10 Å². The minimum absolute atomic E-state index is 0.276. The molecule has 3 aromatic rings. The summed E-state index contributed by atoms with van der Waals surface area (Å²) in [4.78, 5) is 17.8. The average molecular weight is 428 g/mol. The van der Waals surface area contributed by atoms with Crippen molar-refractivity contribution < 1.29 is 0 Å². The predicted molar refractivity (Wildman–Crippen MR) is 125 cm³/mol. The number of aliphatic imine (C=N–C) groups is 1. The van der Waals surface area contributed by atoms with Crippen molar-refractivity contribution in [3.05, 3.63) is 34.4 Å². The maximum absolute atomic E-state index is 6.14. The van der Waals surface area contributed by atoms with Gasteiger partial charge in [0, 0.05) is 49.5 Å². The van der Waals surface area contributed by atoms with Gasteiger partial charge in [0.1, 0.15) is 0 Å². The molecule has 0 amide bonds. The van der Waals surface area contributed by atoms with Crippen LogP contribution in [0.15, 0.2) is 29.6 Å². The van der Waals surface area contributed by atoms with E-state index < -0.39 is 0 Å². The van der Waals surface area contributed by atoms with Crippen molar-refractivity contribution in [3.8, 4) is 11.3 Å². The van der Waals surface area contributed by atoms with Crippen LogP contribution in [0.3, 0.4) is 0 Å². The Labute approximate surface area is 181 Å². The molecule has 0 aromatic carbocycles. The summed E-state index contributed by atoms with van der Waals surface area (Å²) in [6, 6.07) is 2.26. The van der Waals surface area contributed by atoms with E-state index in [0.717, 1.165) is 33.2 Å². The van der Waals surface area contributed by atoms with E-state index in [1.807, 2.05) is 42.0 Å². The third kappa shape index (κ3) is 4.77. The van der Waals surface area contributed by atoms with Gasteiger partial charge < -0.3 is 10.6 Å². The highest BCUT2D eigenvalue weighted by Gasteiger charge is 2.17. The zero-order valence-electron chi connectivity index (χ0n) is 18.1. The van der Waals surface area contributed by atoms with E-state index in [4.69, 9.17) is 16.6 Å². The van der Waals surface area contributed by atoms with Crippen molar-refractivity contribution in [1.29, 1.82) is 0 Å². The zero-order valence-corrected chi connectivity index (χ0v) is 18.9. The molecule has 0 saturated heterocycles. The molecule has 3 rings (SSSR count). The van der Waals surface area contributed by atoms with E-state index >= 15 is 0 Å². The van der Waals surface area contributed by atoms with Crippen LogP contribution in [-0.2, 0) is 6.54 Å². The molecule has 10 heteroatoms. The molecule has 0 aliphatic heterocycles. The first kappa shape index (κ1) is 21.7. The molecule has 160 valence electrons. The van der Waals surface area contributed by atoms with Crippen LogP contribution in [0.2, 0.25) is 0 Å². The Morgan fingerprint density at radius 3 is 2.67 bits per heavy atom. The van der Waals surface area contributed by atoms with Gasteiger partial charge in [-0.1, -0.05) is 0 Å². The molecule has 0 radical (unpaired) electrons. The van der Waals surface area contributed by atoms with Gasteiger partial charge in [0.25, 0.3) is 0 Å². The number of rotatable bonds is 8. The van der Waals surface area contributed by atoms with Crippen LogP contribution in [0, 0.1) is 0 Å². The Morgan fingerprint density at radius 1 is 1.27 bits per heavy atom. The highest BCUT2D eigenvalue weighted by molar-refractivity contribution is 7.14. The first-order valence-electron chi connectivity index (χ1n) is 9.79. The van der Waals surface area contributed by atoms with Crippen molar-refractivity contribution in [2.75, 3.05) is 36.3 Å². The summed E-state index contributed by atoms with van der Waals surface area (Å²) in [6.07, 6.45) is 7.33. The van der Waals surface area contributed by atoms with Gasteiger partial charge in [0.15, 0.2) is 11.6 Å². The number of hydrogen-bond acceptors (Lipinski definition) is 9. The lowest BCUT2D eigenvalue weighted by Gasteiger charge is -2.23. The minimum Gasteiger partial charge on any atom is -0.398 e. The van der Waals surface area contributed by atoms with Crippen LogP contribution >= 0.6 is 11.3 Å². The first-order valence-corrected chi connectivity index (χ1v) is 10.6. The van der Waals surface area contributed by atoms with Gasteiger partial charge >= 0.3 is 0 Å². The van der Waals surface area contributed by atoms with Gasteiger partial charge in [-0.25, -0.2) is 15.8 Å². The zero-order chi connectivity index (χ0) is 21.8. The average Bonchev–Trinajstić information content (AvgIpc) is 3.33. The number of hydrogen-bond donors (Lipinski definition) is 2. The number of nitrogens with zero attached hydrogens (tertiary/aromatic N) is 7. The Balaban J connectivity index is 1.91. The van der Waals surface area contributed by atoms with E-state index in [-0.39, 0.29) is 6.04 Å². The van der Waals surface area contributed by atoms with E-state index in [1.54, 1.807) is 30.8 Å². The third-order valence-electron chi connectivity index (χ3n) is 4.48. The molecule has 0 unspecified atom stereocenters. The van der Waals surface area contributed by atoms with Crippen LogP contribution in [0.1, 0.15) is 36.6 Å². The van der Waals surface area contributed by atoms with Gasteiger partial charge in [-0.3, -0.25) is 14.7 Å². The van der Waals surface area contributed by atoms with E-state index in [1.165, 1.54) is 5.01 Å². The molecule has 0 aliphatic rings. The molecule has 9 nitrogen and oxygen atoms in total. The highest BCUT2D eigenvalue weighted by atomic mass is 32.1. The first-order chi connectivity index (χ1) is 14.3. The van der Waals surface area contributed by atoms with Gasteiger partial charge in [-0.05, 0) is 26.8 Å².